The Morgan fingerprint density at radius 1 is 1.06 bits per heavy atom. The molecule has 4 rings (SSSR count). The van der Waals surface area contributed by atoms with E-state index in [4.69, 9.17) is 4.74 Å². The van der Waals surface area contributed by atoms with Crippen LogP contribution in [0.25, 0.3) is 11.0 Å². The highest BCUT2D eigenvalue weighted by Gasteiger charge is 2.32. The average molecular weight is 457 g/mol. The van der Waals surface area contributed by atoms with Gasteiger partial charge < -0.3 is 10.1 Å². The summed E-state index contributed by atoms with van der Waals surface area (Å²) in [6.07, 6.45) is 3.73. The second-order valence-corrected chi connectivity index (χ2v) is 10.1. The van der Waals surface area contributed by atoms with Gasteiger partial charge in [-0.05, 0) is 76.5 Å². The monoisotopic (exact) mass is 456 g/mol. The molecule has 0 radical (unpaired) electrons. The first-order valence-electron chi connectivity index (χ1n) is 11.6. The minimum Gasteiger partial charge on any atom is -0.444 e. The third-order valence-electron chi connectivity index (χ3n) is 6.55. The highest BCUT2D eigenvalue weighted by Crippen LogP contribution is 2.35. The van der Waals surface area contributed by atoms with Crippen LogP contribution in [0.5, 0.6) is 0 Å². The number of carbonyl (C=O) groups is 3. The number of alkyl carbamates (subject to hydrolysis) is 1. The quantitative estimate of drug-likeness (QED) is 0.690. The van der Waals surface area contributed by atoms with Crippen LogP contribution in [-0.4, -0.2) is 38.7 Å². The van der Waals surface area contributed by atoms with E-state index in [1.165, 1.54) is 4.57 Å². The second kappa shape index (κ2) is 8.68. The van der Waals surface area contributed by atoms with Crippen LogP contribution in [0.1, 0.15) is 76.8 Å². The Morgan fingerprint density at radius 3 is 2.39 bits per heavy atom. The molecule has 1 saturated heterocycles. The zero-order valence-electron chi connectivity index (χ0n) is 19.6. The van der Waals surface area contributed by atoms with Crippen molar-refractivity contribution in [2.45, 2.75) is 82.9 Å². The maximum atomic E-state index is 13.0. The first-order chi connectivity index (χ1) is 15.5. The summed E-state index contributed by atoms with van der Waals surface area (Å²) in [5, 5.41) is 5.31. The van der Waals surface area contributed by atoms with Crippen molar-refractivity contribution < 1.29 is 19.1 Å². The second-order valence-electron chi connectivity index (χ2n) is 10.1. The number of hydrogen-bond acceptors (Lipinski definition) is 5. The summed E-state index contributed by atoms with van der Waals surface area (Å²) in [5.74, 6) is -0.399. The molecule has 1 aliphatic heterocycles. The minimum atomic E-state index is -0.681. The van der Waals surface area contributed by atoms with E-state index in [0.29, 0.717) is 17.9 Å². The normalized spacial score (nSPS) is 23.9. The van der Waals surface area contributed by atoms with Gasteiger partial charge in [-0.1, -0.05) is 6.07 Å². The number of aryl methyl sites for hydroxylation is 1. The largest absolute Gasteiger partial charge is 0.444 e. The van der Waals surface area contributed by atoms with Gasteiger partial charge in [0.05, 0.1) is 11.0 Å². The summed E-state index contributed by atoms with van der Waals surface area (Å²) < 4.78 is 8.43. The number of carbonyl (C=O) groups excluding carboxylic acids is 3. The first-order valence-corrected chi connectivity index (χ1v) is 11.6. The molecule has 9 nitrogen and oxygen atoms in total. The fraction of sp³-hybridized carbons (Fsp3) is 0.583. The lowest BCUT2D eigenvalue weighted by Crippen LogP contribution is -2.44. The molecule has 178 valence electrons. The average Bonchev–Trinajstić information content (AvgIpc) is 2.97. The van der Waals surface area contributed by atoms with Crippen LogP contribution in [0.4, 0.5) is 4.79 Å². The number of hydrogen-bond donors (Lipinski definition) is 2. The van der Waals surface area contributed by atoms with Crippen LogP contribution in [0.2, 0.25) is 0 Å². The SMILES string of the molecule is Cn1c(=O)n(C2CCC(=O)NC2=O)c2ccc(C3CCC(NC(=O)OC(C)(C)C)CC3)cc21. The maximum Gasteiger partial charge on any atom is 0.407 e. The molecule has 1 atom stereocenters. The highest BCUT2D eigenvalue weighted by molar-refractivity contribution is 6.00. The number of aromatic nitrogens is 2. The predicted octanol–water partition coefficient (Wildman–Crippen LogP) is 2.87. The number of ether oxygens (including phenoxy) is 1. The van der Waals surface area contributed by atoms with Crippen molar-refractivity contribution in [3.8, 4) is 0 Å². The third-order valence-corrected chi connectivity index (χ3v) is 6.55. The molecular formula is C24H32N4O5. The first kappa shape index (κ1) is 23.1. The van der Waals surface area contributed by atoms with E-state index in [1.54, 1.807) is 11.6 Å². The molecule has 9 heteroatoms. The van der Waals surface area contributed by atoms with E-state index >= 15 is 0 Å². The van der Waals surface area contributed by atoms with E-state index in [2.05, 4.69) is 10.6 Å². The smallest absolute Gasteiger partial charge is 0.407 e. The summed E-state index contributed by atoms with van der Waals surface area (Å²) in [6.45, 7) is 5.54. The van der Waals surface area contributed by atoms with Crippen LogP contribution in [0.3, 0.4) is 0 Å². The number of nitrogens with one attached hydrogen (secondary N) is 2. The molecule has 0 spiro atoms. The van der Waals surface area contributed by atoms with Gasteiger partial charge in [-0.25, -0.2) is 9.59 Å². The molecule has 0 bridgehead atoms. The molecule has 2 fully saturated rings. The molecule has 2 heterocycles. The molecule has 1 aromatic carbocycles. The topological polar surface area (TPSA) is 111 Å². The van der Waals surface area contributed by atoms with Crippen LogP contribution in [-0.2, 0) is 21.4 Å². The van der Waals surface area contributed by atoms with Gasteiger partial charge in [-0.3, -0.25) is 24.0 Å². The standard InChI is InChI=1S/C24H32N4O5/c1-24(2,3)33-22(31)25-16-8-5-14(6-9-16)15-7-10-17-19(13-15)27(4)23(32)28(17)18-11-12-20(29)26-21(18)30/h7,10,13-14,16,18H,5-6,8-9,11-12H2,1-4H3,(H,25,31)(H,26,29,30). The molecule has 33 heavy (non-hydrogen) atoms. The third kappa shape index (κ3) is 4.82. The van der Waals surface area contributed by atoms with Crippen molar-refractivity contribution >= 4 is 28.9 Å². The lowest BCUT2D eigenvalue weighted by Gasteiger charge is -2.30. The summed E-state index contributed by atoms with van der Waals surface area (Å²) in [6, 6.07) is 5.37. The van der Waals surface area contributed by atoms with Crippen molar-refractivity contribution in [3.05, 3.63) is 34.2 Å². The fourth-order valence-corrected chi connectivity index (χ4v) is 4.91. The lowest BCUT2D eigenvalue weighted by molar-refractivity contribution is -0.135. The van der Waals surface area contributed by atoms with Gasteiger partial charge in [0, 0.05) is 19.5 Å². The van der Waals surface area contributed by atoms with Crippen molar-refractivity contribution in [1.29, 1.82) is 0 Å². The summed E-state index contributed by atoms with van der Waals surface area (Å²) >= 11 is 0. The number of imide groups is 1. The molecule has 2 N–H and O–H groups in total. The Labute approximate surface area is 192 Å². The number of imidazole rings is 1. The summed E-state index contributed by atoms with van der Waals surface area (Å²) in [5.41, 5.74) is 1.84. The molecular weight excluding hydrogens is 424 g/mol. The van der Waals surface area contributed by atoms with Gasteiger partial charge in [0.25, 0.3) is 0 Å². The van der Waals surface area contributed by atoms with Gasteiger partial charge in [-0.15, -0.1) is 0 Å². The van der Waals surface area contributed by atoms with Crippen LogP contribution < -0.4 is 16.3 Å². The molecule has 2 aromatic rings. The minimum absolute atomic E-state index is 0.0952. The Hall–Kier alpha value is -3.10. The molecule has 1 unspecified atom stereocenters. The van der Waals surface area contributed by atoms with E-state index in [1.807, 2.05) is 39.0 Å². The van der Waals surface area contributed by atoms with E-state index < -0.39 is 17.6 Å². The van der Waals surface area contributed by atoms with E-state index in [-0.39, 0.29) is 30.2 Å². The Bertz CT molecular complexity index is 1150. The Kier molecular flexibility index (Phi) is 6.07. The van der Waals surface area contributed by atoms with Gasteiger partial charge in [0.2, 0.25) is 11.8 Å². The number of benzene rings is 1. The number of rotatable bonds is 3. The molecule has 3 amide bonds. The molecule has 1 aromatic heterocycles. The number of amides is 3. The number of piperidine rings is 1. The maximum absolute atomic E-state index is 13.0. The molecule has 2 aliphatic rings. The van der Waals surface area contributed by atoms with E-state index in [9.17, 15) is 19.2 Å². The molecule has 1 saturated carbocycles. The van der Waals surface area contributed by atoms with Crippen molar-refractivity contribution in [2.75, 3.05) is 0 Å². The summed E-state index contributed by atoms with van der Waals surface area (Å²) in [4.78, 5) is 48.9. The van der Waals surface area contributed by atoms with Gasteiger partial charge in [-0.2, -0.15) is 0 Å². The van der Waals surface area contributed by atoms with Crippen LogP contribution >= 0.6 is 0 Å². The van der Waals surface area contributed by atoms with Crippen LogP contribution in [0, 0.1) is 0 Å². The number of nitrogens with zero attached hydrogens (tertiary/aromatic N) is 2. The highest BCUT2D eigenvalue weighted by atomic mass is 16.6. The summed E-state index contributed by atoms with van der Waals surface area (Å²) in [7, 11) is 1.71. The lowest BCUT2D eigenvalue weighted by atomic mass is 9.81. The predicted molar refractivity (Wildman–Crippen MR) is 123 cm³/mol. The van der Waals surface area contributed by atoms with Crippen molar-refractivity contribution in [3.63, 3.8) is 0 Å². The van der Waals surface area contributed by atoms with Crippen LogP contribution in [0.15, 0.2) is 23.0 Å². The Balaban J connectivity index is 1.49. The van der Waals surface area contributed by atoms with Gasteiger partial charge in [0.15, 0.2) is 0 Å². The fourth-order valence-electron chi connectivity index (χ4n) is 4.91. The Morgan fingerprint density at radius 2 is 1.76 bits per heavy atom. The number of fused-ring (bicyclic) bond motifs is 1. The van der Waals surface area contributed by atoms with Gasteiger partial charge >= 0.3 is 11.8 Å². The zero-order valence-corrected chi connectivity index (χ0v) is 19.6. The van der Waals surface area contributed by atoms with Crippen molar-refractivity contribution in [1.82, 2.24) is 19.8 Å². The molecule has 1 aliphatic carbocycles. The van der Waals surface area contributed by atoms with Crippen molar-refractivity contribution in [2.24, 2.45) is 7.05 Å². The zero-order chi connectivity index (χ0) is 23.9. The van der Waals surface area contributed by atoms with Gasteiger partial charge in [0.1, 0.15) is 11.6 Å². The van der Waals surface area contributed by atoms with E-state index in [0.717, 1.165) is 36.8 Å².